The molecule has 3 rings (SSSR count). The number of hydrogen-bond acceptors (Lipinski definition) is 2. The smallest absolute Gasteiger partial charge is 0.00459 e. The van der Waals surface area contributed by atoms with Crippen LogP contribution in [0.2, 0.25) is 0 Å². The number of hydrogen-bond donors (Lipinski definition) is 1. The molecule has 18 heavy (non-hydrogen) atoms. The standard InChI is InChI=1S/C16H29NS/c18-13-16(8-3-4-9-16)12-17-10-7-14-5-1-2-6-15(14)11-17/h14-15,18H,1-13H2. The van der Waals surface area contributed by atoms with E-state index in [1.54, 1.807) is 0 Å². The van der Waals surface area contributed by atoms with Gasteiger partial charge in [0.1, 0.15) is 0 Å². The summed E-state index contributed by atoms with van der Waals surface area (Å²) >= 11 is 4.67. The molecular weight excluding hydrogens is 238 g/mol. The molecule has 2 saturated carbocycles. The molecule has 0 aromatic rings. The molecular formula is C16H29NS. The van der Waals surface area contributed by atoms with Crippen LogP contribution < -0.4 is 0 Å². The van der Waals surface area contributed by atoms with Crippen molar-refractivity contribution in [1.29, 1.82) is 0 Å². The van der Waals surface area contributed by atoms with Crippen LogP contribution in [0.4, 0.5) is 0 Å². The third kappa shape index (κ3) is 2.75. The van der Waals surface area contributed by atoms with E-state index in [0.717, 1.165) is 17.6 Å². The van der Waals surface area contributed by atoms with E-state index in [9.17, 15) is 0 Å². The SMILES string of the molecule is SCC1(CN2CCC3CCCCC3C2)CCCC1. The Morgan fingerprint density at radius 3 is 2.39 bits per heavy atom. The first kappa shape index (κ1) is 13.3. The first-order chi connectivity index (χ1) is 8.81. The van der Waals surface area contributed by atoms with E-state index < -0.39 is 0 Å². The lowest BCUT2D eigenvalue weighted by Gasteiger charge is -2.44. The third-order valence-corrected chi connectivity index (χ3v) is 6.60. The summed E-state index contributed by atoms with van der Waals surface area (Å²) < 4.78 is 0. The van der Waals surface area contributed by atoms with E-state index in [1.165, 1.54) is 77.4 Å². The van der Waals surface area contributed by atoms with Gasteiger partial charge < -0.3 is 4.90 Å². The van der Waals surface area contributed by atoms with Crippen molar-refractivity contribution in [1.82, 2.24) is 4.90 Å². The Hall–Kier alpha value is 0.310. The molecule has 0 radical (unpaired) electrons. The molecule has 2 heteroatoms. The fourth-order valence-electron chi connectivity index (χ4n) is 4.79. The molecule has 0 amide bonds. The highest BCUT2D eigenvalue weighted by Gasteiger charge is 2.37. The normalized spacial score (nSPS) is 36.5. The molecule has 1 aliphatic heterocycles. The van der Waals surface area contributed by atoms with Crippen molar-refractivity contribution in [3.8, 4) is 0 Å². The van der Waals surface area contributed by atoms with Crippen LogP contribution in [0.25, 0.3) is 0 Å². The predicted octanol–water partition coefficient (Wildman–Crippen LogP) is 3.99. The van der Waals surface area contributed by atoms with Gasteiger partial charge in [0.25, 0.3) is 0 Å². The highest BCUT2D eigenvalue weighted by Crippen LogP contribution is 2.42. The van der Waals surface area contributed by atoms with Gasteiger partial charge in [-0.3, -0.25) is 0 Å². The average molecular weight is 267 g/mol. The summed E-state index contributed by atoms with van der Waals surface area (Å²) in [5.74, 6) is 3.22. The Kier molecular flexibility index (Phi) is 4.25. The number of fused-ring (bicyclic) bond motifs is 1. The van der Waals surface area contributed by atoms with Crippen LogP contribution in [0.15, 0.2) is 0 Å². The van der Waals surface area contributed by atoms with Gasteiger partial charge in [-0.05, 0) is 55.2 Å². The monoisotopic (exact) mass is 267 g/mol. The van der Waals surface area contributed by atoms with Gasteiger partial charge >= 0.3 is 0 Å². The summed E-state index contributed by atoms with van der Waals surface area (Å²) in [7, 11) is 0. The van der Waals surface area contributed by atoms with Gasteiger partial charge in [0.2, 0.25) is 0 Å². The van der Waals surface area contributed by atoms with Crippen LogP contribution in [0.1, 0.15) is 57.8 Å². The maximum atomic E-state index is 4.67. The van der Waals surface area contributed by atoms with Crippen molar-refractivity contribution in [3.05, 3.63) is 0 Å². The molecule has 3 aliphatic rings. The third-order valence-electron chi connectivity index (χ3n) is 5.93. The Labute approximate surface area is 118 Å². The van der Waals surface area contributed by atoms with Crippen LogP contribution in [0, 0.1) is 17.3 Å². The number of thiol groups is 1. The molecule has 0 spiro atoms. The van der Waals surface area contributed by atoms with Gasteiger partial charge in [-0.15, -0.1) is 0 Å². The van der Waals surface area contributed by atoms with E-state index in [1.807, 2.05) is 0 Å². The number of rotatable bonds is 3. The van der Waals surface area contributed by atoms with Gasteiger partial charge in [0, 0.05) is 13.1 Å². The number of nitrogens with zero attached hydrogens (tertiary/aromatic N) is 1. The predicted molar refractivity (Wildman–Crippen MR) is 81.3 cm³/mol. The second kappa shape index (κ2) is 5.75. The summed E-state index contributed by atoms with van der Waals surface area (Å²) in [4.78, 5) is 2.80. The van der Waals surface area contributed by atoms with Crippen molar-refractivity contribution in [2.24, 2.45) is 17.3 Å². The Bertz CT molecular complexity index is 272. The van der Waals surface area contributed by atoms with Gasteiger partial charge in [0.15, 0.2) is 0 Å². The Balaban J connectivity index is 1.57. The fraction of sp³-hybridized carbons (Fsp3) is 1.00. The van der Waals surface area contributed by atoms with Gasteiger partial charge in [-0.1, -0.05) is 32.1 Å². The number of likely N-dealkylation sites (tertiary alicyclic amines) is 1. The maximum Gasteiger partial charge on any atom is 0.00459 e. The minimum absolute atomic E-state index is 0.574. The molecule has 0 aromatic carbocycles. The fourth-order valence-corrected chi connectivity index (χ4v) is 5.20. The van der Waals surface area contributed by atoms with Crippen molar-refractivity contribution in [2.45, 2.75) is 57.8 Å². The second-order valence-electron chi connectivity index (χ2n) is 7.19. The van der Waals surface area contributed by atoms with E-state index in [2.05, 4.69) is 17.5 Å². The Morgan fingerprint density at radius 1 is 0.944 bits per heavy atom. The Morgan fingerprint density at radius 2 is 1.67 bits per heavy atom. The number of piperidine rings is 1. The molecule has 1 saturated heterocycles. The molecule has 2 atom stereocenters. The summed E-state index contributed by atoms with van der Waals surface area (Å²) in [5, 5.41) is 0. The van der Waals surface area contributed by atoms with Crippen molar-refractivity contribution < 1.29 is 0 Å². The average Bonchev–Trinajstić information content (AvgIpc) is 2.88. The minimum Gasteiger partial charge on any atom is -0.302 e. The van der Waals surface area contributed by atoms with Crippen LogP contribution in [0.5, 0.6) is 0 Å². The molecule has 1 heterocycles. The van der Waals surface area contributed by atoms with E-state index in [-0.39, 0.29) is 0 Å². The first-order valence-corrected chi connectivity index (χ1v) is 8.78. The van der Waals surface area contributed by atoms with E-state index >= 15 is 0 Å². The molecule has 1 nitrogen and oxygen atoms in total. The van der Waals surface area contributed by atoms with Crippen LogP contribution >= 0.6 is 12.6 Å². The van der Waals surface area contributed by atoms with Crippen molar-refractivity contribution in [2.75, 3.05) is 25.4 Å². The highest BCUT2D eigenvalue weighted by molar-refractivity contribution is 7.80. The van der Waals surface area contributed by atoms with Crippen molar-refractivity contribution in [3.63, 3.8) is 0 Å². The maximum absolute atomic E-state index is 4.67. The molecule has 2 aliphatic carbocycles. The molecule has 104 valence electrons. The topological polar surface area (TPSA) is 3.24 Å². The van der Waals surface area contributed by atoms with Crippen LogP contribution in [-0.4, -0.2) is 30.3 Å². The quantitative estimate of drug-likeness (QED) is 0.757. The molecule has 0 N–H and O–H groups in total. The summed E-state index contributed by atoms with van der Waals surface area (Å²) in [5.41, 5.74) is 0.574. The van der Waals surface area contributed by atoms with Gasteiger partial charge in [0.05, 0.1) is 0 Å². The van der Waals surface area contributed by atoms with Gasteiger partial charge in [-0.2, -0.15) is 12.6 Å². The molecule has 2 unspecified atom stereocenters. The van der Waals surface area contributed by atoms with E-state index in [4.69, 9.17) is 0 Å². The zero-order valence-electron chi connectivity index (χ0n) is 11.7. The molecule has 0 aromatic heterocycles. The highest BCUT2D eigenvalue weighted by atomic mass is 32.1. The molecule has 3 fully saturated rings. The zero-order chi connectivity index (χ0) is 12.4. The van der Waals surface area contributed by atoms with E-state index in [0.29, 0.717) is 5.41 Å². The first-order valence-electron chi connectivity index (χ1n) is 8.15. The molecule has 0 bridgehead atoms. The summed E-state index contributed by atoms with van der Waals surface area (Å²) in [6, 6.07) is 0. The summed E-state index contributed by atoms with van der Waals surface area (Å²) in [6.45, 7) is 4.12. The minimum atomic E-state index is 0.574. The van der Waals surface area contributed by atoms with Gasteiger partial charge in [-0.25, -0.2) is 0 Å². The van der Waals surface area contributed by atoms with Crippen LogP contribution in [0.3, 0.4) is 0 Å². The lowest BCUT2D eigenvalue weighted by molar-refractivity contribution is 0.0589. The lowest BCUT2D eigenvalue weighted by Crippen LogP contribution is -2.46. The van der Waals surface area contributed by atoms with Crippen molar-refractivity contribution >= 4 is 12.6 Å². The van der Waals surface area contributed by atoms with Crippen LogP contribution in [-0.2, 0) is 0 Å². The summed E-state index contributed by atoms with van der Waals surface area (Å²) in [6.07, 6.45) is 13.3. The lowest BCUT2D eigenvalue weighted by atomic mass is 9.74. The second-order valence-corrected chi connectivity index (χ2v) is 7.51. The zero-order valence-corrected chi connectivity index (χ0v) is 12.6. The largest absolute Gasteiger partial charge is 0.302 e.